The first-order chi connectivity index (χ1) is 13.0. The van der Waals surface area contributed by atoms with Gasteiger partial charge in [-0.2, -0.15) is 0 Å². The predicted molar refractivity (Wildman–Crippen MR) is 104 cm³/mol. The topological polar surface area (TPSA) is 75.6 Å². The molecule has 136 valence electrons. The lowest BCUT2D eigenvalue weighted by molar-refractivity contribution is 0.0696. The van der Waals surface area contributed by atoms with E-state index in [9.17, 15) is 9.59 Å². The first kappa shape index (κ1) is 18.5. The molecular formula is C21H16ClNO4. The van der Waals surface area contributed by atoms with Crippen LogP contribution in [0.5, 0.6) is 5.75 Å². The Hall–Kier alpha value is -3.31. The van der Waals surface area contributed by atoms with E-state index in [1.807, 2.05) is 0 Å². The number of aromatic carboxylic acids is 1. The number of carboxylic acids is 1. The van der Waals surface area contributed by atoms with Crippen molar-refractivity contribution in [2.75, 3.05) is 5.32 Å². The zero-order valence-corrected chi connectivity index (χ0v) is 14.9. The Bertz CT molecular complexity index is 953. The lowest BCUT2D eigenvalue weighted by Gasteiger charge is -2.09. The minimum atomic E-state index is -0.979. The van der Waals surface area contributed by atoms with Crippen molar-refractivity contribution in [2.45, 2.75) is 6.61 Å². The third-order valence-corrected chi connectivity index (χ3v) is 4.05. The van der Waals surface area contributed by atoms with Crippen LogP contribution < -0.4 is 10.1 Å². The van der Waals surface area contributed by atoms with Crippen molar-refractivity contribution in [2.24, 2.45) is 0 Å². The van der Waals surface area contributed by atoms with Gasteiger partial charge in [-0.05, 0) is 66.2 Å². The maximum absolute atomic E-state index is 12.3. The molecule has 5 nitrogen and oxygen atoms in total. The summed E-state index contributed by atoms with van der Waals surface area (Å²) in [5.74, 6) is -0.635. The minimum Gasteiger partial charge on any atom is -0.489 e. The van der Waals surface area contributed by atoms with Gasteiger partial charge in [0, 0.05) is 16.3 Å². The van der Waals surface area contributed by atoms with Crippen molar-refractivity contribution in [3.63, 3.8) is 0 Å². The number of carbonyl (C=O) groups is 2. The lowest BCUT2D eigenvalue weighted by atomic mass is 10.1. The maximum atomic E-state index is 12.3. The molecule has 0 aliphatic carbocycles. The normalized spacial score (nSPS) is 10.3. The molecular weight excluding hydrogens is 366 g/mol. The van der Waals surface area contributed by atoms with Crippen LogP contribution in [0.2, 0.25) is 5.02 Å². The van der Waals surface area contributed by atoms with E-state index < -0.39 is 5.97 Å². The Morgan fingerprint density at radius 3 is 2.30 bits per heavy atom. The van der Waals surface area contributed by atoms with E-state index in [1.165, 1.54) is 6.07 Å². The molecule has 0 unspecified atom stereocenters. The number of amides is 1. The van der Waals surface area contributed by atoms with Crippen molar-refractivity contribution >= 4 is 29.2 Å². The van der Waals surface area contributed by atoms with Gasteiger partial charge in [0.05, 0.1) is 5.56 Å². The van der Waals surface area contributed by atoms with Gasteiger partial charge < -0.3 is 15.2 Å². The Morgan fingerprint density at radius 2 is 1.63 bits per heavy atom. The predicted octanol–water partition coefficient (Wildman–Crippen LogP) is 4.87. The molecule has 0 aliphatic heterocycles. The number of hydrogen-bond acceptors (Lipinski definition) is 3. The van der Waals surface area contributed by atoms with E-state index in [0.29, 0.717) is 22.0 Å². The highest BCUT2D eigenvalue weighted by molar-refractivity contribution is 6.30. The number of nitrogens with one attached hydrogen (secondary N) is 1. The fraction of sp³-hybridized carbons (Fsp3) is 0.0476. The van der Waals surface area contributed by atoms with Gasteiger partial charge in [-0.3, -0.25) is 4.79 Å². The molecule has 6 heteroatoms. The molecule has 2 N–H and O–H groups in total. The van der Waals surface area contributed by atoms with Crippen molar-refractivity contribution in [1.29, 1.82) is 0 Å². The van der Waals surface area contributed by atoms with E-state index in [0.717, 1.165) is 5.56 Å². The number of halogens is 1. The number of carbonyl (C=O) groups excluding carboxylic acids is 1. The SMILES string of the molecule is O=C(O)c1cccc(COc2ccc(C(=O)Nc3ccc(Cl)cc3)cc2)c1. The van der Waals surface area contributed by atoms with Crippen molar-refractivity contribution in [1.82, 2.24) is 0 Å². The number of rotatable bonds is 6. The molecule has 0 fully saturated rings. The van der Waals surface area contributed by atoms with E-state index in [-0.39, 0.29) is 18.1 Å². The highest BCUT2D eigenvalue weighted by atomic mass is 35.5. The summed E-state index contributed by atoms with van der Waals surface area (Å²) in [5.41, 5.74) is 2.11. The third kappa shape index (κ3) is 5.09. The first-order valence-corrected chi connectivity index (χ1v) is 8.51. The summed E-state index contributed by atoms with van der Waals surface area (Å²) in [6.07, 6.45) is 0. The summed E-state index contributed by atoms with van der Waals surface area (Å²) in [4.78, 5) is 23.2. The van der Waals surface area contributed by atoms with Gasteiger partial charge in [0.2, 0.25) is 0 Å². The monoisotopic (exact) mass is 381 g/mol. The summed E-state index contributed by atoms with van der Waals surface area (Å²) < 4.78 is 5.65. The van der Waals surface area contributed by atoms with Gasteiger partial charge >= 0.3 is 5.97 Å². The van der Waals surface area contributed by atoms with E-state index in [2.05, 4.69) is 5.32 Å². The van der Waals surface area contributed by atoms with Crippen LogP contribution in [0.25, 0.3) is 0 Å². The fourth-order valence-electron chi connectivity index (χ4n) is 2.40. The van der Waals surface area contributed by atoms with E-state index >= 15 is 0 Å². The first-order valence-electron chi connectivity index (χ1n) is 8.13. The minimum absolute atomic E-state index is 0.213. The molecule has 0 saturated heterocycles. The van der Waals surface area contributed by atoms with Crippen LogP contribution in [-0.4, -0.2) is 17.0 Å². The molecule has 3 aromatic carbocycles. The van der Waals surface area contributed by atoms with Crippen LogP contribution in [0.3, 0.4) is 0 Å². The standard InChI is InChI=1S/C21H16ClNO4/c22-17-6-8-18(9-7-17)23-20(24)15-4-10-19(11-5-15)27-13-14-2-1-3-16(12-14)21(25)26/h1-12H,13H2,(H,23,24)(H,25,26). The van der Waals surface area contributed by atoms with Gasteiger partial charge in [0.1, 0.15) is 12.4 Å². The Kier molecular flexibility index (Phi) is 5.74. The molecule has 1 amide bonds. The van der Waals surface area contributed by atoms with Crippen molar-refractivity contribution in [3.05, 3.63) is 94.5 Å². The second-order valence-electron chi connectivity index (χ2n) is 5.78. The van der Waals surface area contributed by atoms with Gasteiger partial charge in [-0.15, -0.1) is 0 Å². The zero-order chi connectivity index (χ0) is 19.2. The second-order valence-corrected chi connectivity index (χ2v) is 6.22. The Morgan fingerprint density at radius 1 is 0.926 bits per heavy atom. The van der Waals surface area contributed by atoms with Crippen LogP contribution in [0.1, 0.15) is 26.3 Å². The smallest absolute Gasteiger partial charge is 0.335 e. The summed E-state index contributed by atoms with van der Waals surface area (Å²) in [6.45, 7) is 0.234. The van der Waals surface area contributed by atoms with E-state index in [1.54, 1.807) is 66.7 Å². The van der Waals surface area contributed by atoms with Crippen LogP contribution in [0, 0.1) is 0 Å². The molecule has 0 aromatic heterocycles. The fourth-order valence-corrected chi connectivity index (χ4v) is 2.53. The number of carboxylic acid groups (broad SMARTS) is 1. The molecule has 3 rings (SSSR count). The molecule has 0 heterocycles. The molecule has 0 atom stereocenters. The van der Waals surface area contributed by atoms with Crippen LogP contribution >= 0.6 is 11.6 Å². The largest absolute Gasteiger partial charge is 0.489 e. The summed E-state index contributed by atoms with van der Waals surface area (Å²) in [7, 11) is 0. The van der Waals surface area contributed by atoms with E-state index in [4.69, 9.17) is 21.4 Å². The molecule has 0 bridgehead atoms. The number of ether oxygens (including phenoxy) is 1. The van der Waals surface area contributed by atoms with Crippen molar-refractivity contribution < 1.29 is 19.4 Å². The molecule has 0 radical (unpaired) electrons. The highest BCUT2D eigenvalue weighted by Gasteiger charge is 2.07. The second kappa shape index (κ2) is 8.38. The average molecular weight is 382 g/mol. The van der Waals surface area contributed by atoms with Gasteiger partial charge in [-0.1, -0.05) is 23.7 Å². The lowest BCUT2D eigenvalue weighted by Crippen LogP contribution is -2.11. The highest BCUT2D eigenvalue weighted by Crippen LogP contribution is 2.17. The quantitative estimate of drug-likeness (QED) is 0.638. The van der Waals surface area contributed by atoms with Gasteiger partial charge in [0.15, 0.2) is 0 Å². The zero-order valence-electron chi connectivity index (χ0n) is 14.2. The number of benzene rings is 3. The van der Waals surface area contributed by atoms with Gasteiger partial charge in [0.25, 0.3) is 5.91 Å². The number of anilines is 1. The third-order valence-electron chi connectivity index (χ3n) is 3.80. The maximum Gasteiger partial charge on any atom is 0.335 e. The number of hydrogen-bond donors (Lipinski definition) is 2. The summed E-state index contributed by atoms with van der Waals surface area (Å²) in [5, 5.41) is 12.4. The van der Waals surface area contributed by atoms with Crippen LogP contribution in [-0.2, 0) is 6.61 Å². The van der Waals surface area contributed by atoms with Crippen LogP contribution in [0.15, 0.2) is 72.8 Å². The molecule has 3 aromatic rings. The van der Waals surface area contributed by atoms with Crippen LogP contribution in [0.4, 0.5) is 5.69 Å². The summed E-state index contributed by atoms with van der Waals surface area (Å²) in [6, 6.07) is 20.1. The summed E-state index contributed by atoms with van der Waals surface area (Å²) >= 11 is 5.83. The Balaban J connectivity index is 1.59. The molecule has 0 spiro atoms. The molecule has 0 saturated carbocycles. The van der Waals surface area contributed by atoms with Gasteiger partial charge in [-0.25, -0.2) is 4.79 Å². The van der Waals surface area contributed by atoms with Crippen molar-refractivity contribution in [3.8, 4) is 5.75 Å². The Labute approximate surface area is 161 Å². The molecule has 27 heavy (non-hydrogen) atoms. The average Bonchev–Trinajstić information content (AvgIpc) is 2.68. The molecule has 0 aliphatic rings.